The van der Waals surface area contributed by atoms with Crippen molar-refractivity contribution in [2.75, 3.05) is 24.5 Å². The first-order valence-corrected chi connectivity index (χ1v) is 9.82. The van der Waals surface area contributed by atoms with Crippen LogP contribution in [-0.2, 0) is 14.3 Å². The number of nitrogens with zero attached hydrogens (tertiary/aromatic N) is 2. The van der Waals surface area contributed by atoms with Gasteiger partial charge >= 0.3 is 6.09 Å². The second-order valence-electron chi connectivity index (χ2n) is 8.56. The summed E-state index contributed by atoms with van der Waals surface area (Å²) in [5, 5.41) is 2.41. The Morgan fingerprint density at radius 1 is 1.14 bits per heavy atom. The highest BCUT2D eigenvalue weighted by molar-refractivity contribution is 6.00. The summed E-state index contributed by atoms with van der Waals surface area (Å²) in [5.41, 5.74) is 1.49. The molecule has 2 atom stereocenters. The van der Waals surface area contributed by atoms with Gasteiger partial charge in [-0.2, -0.15) is 0 Å². The van der Waals surface area contributed by atoms with E-state index < -0.39 is 5.60 Å². The van der Waals surface area contributed by atoms with Gasteiger partial charge in [0, 0.05) is 37.8 Å². The van der Waals surface area contributed by atoms with Gasteiger partial charge in [0.05, 0.1) is 5.92 Å². The fourth-order valence-electron chi connectivity index (χ4n) is 3.74. The predicted molar refractivity (Wildman–Crippen MR) is 106 cm³/mol. The SMILES string of the molecule is C[C@H]1CN(C(=O)OC(C)(C)C)CCN1c1ccc(C2CCC(=O)NC2=O)cc1. The number of piperazine rings is 1. The smallest absolute Gasteiger partial charge is 0.410 e. The Kier molecular flexibility index (Phi) is 5.63. The van der Waals surface area contributed by atoms with E-state index in [4.69, 9.17) is 4.74 Å². The second-order valence-corrected chi connectivity index (χ2v) is 8.56. The van der Waals surface area contributed by atoms with Crippen molar-refractivity contribution in [2.24, 2.45) is 0 Å². The van der Waals surface area contributed by atoms with Crippen LogP contribution in [0.5, 0.6) is 0 Å². The lowest BCUT2D eigenvalue weighted by Crippen LogP contribution is -2.54. The summed E-state index contributed by atoms with van der Waals surface area (Å²) < 4.78 is 5.47. The van der Waals surface area contributed by atoms with Crippen molar-refractivity contribution in [2.45, 2.75) is 58.1 Å². The molecule has 28 heavy (non-hydrogen) atoms. The van der Waals surface area contributed by atoms with Gasteiger partial charge in [-0.25, -0.2) is 4.79 Å². The van der Waals surface area contributed by atoms with Crippen LogP contribution in [0, 0.1) is 0 Å². The molecule has 2 aliphatic heterocycles. The van der Waals surface area contributed by atoms with E-state index >= 15 is 0 Å². The second kappa shape index (κ2) is 7.81. The topological polar surface area (TPSA) is 79.0 Å². The minimum atomic E-state index is -0.497. The monoisotopic (exact) mass is 387 g/mol. The molecule has 7 heteroatoms. The summed E-state index contributed by atoms with van der Waals surface area (Å²) in [6, 6.07) is 8.10. The summed E-state index contributed by atoms with van der Waals surface area (Å²) in [7, 11) is 0. The lowest BCUT2D eigenvalue weighted by Gasteiger charge is -2.41. The average Bonchev–Trinajstić information content (AvgIpc) is 2.60. The van der Waals surface area contributed by atoms with Crippen LogP contribution in [0.15, 0.2) is 24.3 Å². The molecule has 0 saturated carbocycles. The minimum Gasteiger partial charge on any atom is -0.444 e. The molecule has 2 fully saturated rings. The number of ether oxygens (including phenoxy) is 1. The van der Waals surface area contributed by atoms with Crippen molar-refractivity contribution in [3.63, 3.8) is 0 Å². The Balaban J connectivity index is 1.63. The van der Waals surface area contributed by atoms with Gasteiger partial charge in [0.1, 0.15) is 5.60 Å². The number of anilines is 1. The molecule has 1 aromatic carbocycles. The van der Waals surface area contributed by atoms with Crippen LogP contribution in [0.25, 0.3) is 0 Å². The van der Waals surface area contributed by atoms with Crippen molar-refractivity contribution in [1.29, 1.82) is 0 Å². The predicted octanol–water partition coefficient (Wildman–Crippen LogP) is 2.65. The van der Waals surface area contributed by atoms with Gasteiger partial charge in [-0.3, -0.25) is 14.9 Å². The number of rotatable bonds is 2. The van der Waals surface area contributed by atoms with Gasteiger partial charge in [0.2, 0.25) is 11.8 Å². The zero-order valence-electron chi connectivity index (χ0n) is 17.0. The number of carbonyl (C=O) groups is 3. The molecule has 2 saturated heterocycles. The van der Waals surface area contributed by atoms with Crippen LogP contribution < -0.4 is 10.2 Å². The number of hydrogen-bond donors (Lipinski definition) is 1. The lowest BCUT2D eigenvalue weighted by molar-refractivity contribution is -0.134. The van der Waals surface area contributed by atoms with Crippen LogP contribution in [0.3, 0.4) is 0 Å². The Morgan fingerprint density at radius 2 is 1.82 bits per heavy atom. The van der Waals surface area contributed by atoms with E-state index in [1.807, 2.05) is 45.0 Å². The summed E-state index contributed by atoms with van der Waals surface area (Å²) in [6.45, 7) is 9.62. The van der Waals surface area contributed by atoms with Crippen LogP contribution in [0.4, 0.5) is 10.5 Å². The van der Waals surface area contributed by atoms with Crippen molar-refractivity contribution < 1.29 is 19.1 Å². The Labute approximate surface area is 166 Å². The van der Waals surface area contributed by atoms with E-state index in [9.17, 15) is 14.4 Å². The normalized spacial score (nSPS) is 23.4. The molecule has 1 aromatic rings. The van der Waals surface area contributed by atoms with Crippen LogP contribution in [-0.4, -0.2) is 54.1 Å². The fourth-order valence-corrected chi connectivity index (χ4v) is 3.74. The van der Waals surface area contributed by atoms with Gasteiger partial charge in [-0.1, -0.05) is 12.1 Å². The van der Waals surface area contributed by atoms with Crippen molar-refractivity contribution >= 4 is 23.6 Å². The summed E-state index contributed by atoms with van der Waals surface area (Å²) in [5.74, 6) is -0.689. The first-order valence-electron chi connectivity index (χ1n) is 9.82. The molecular weight excluding hydrogens is 358 g/mol. The number of hydrogen-bond acceptors (Lipinski definition) is 5. The van der Waals surface area contributed by atoms with Gasteiger partial charge in [0.25, 0.3) is 0 Å². The van der Waals surface area contributed by atoms with E-state index in [-0.39, 0.29) is 29.9 Å². The first kappa shape index (κ1) is 20.2. The maximum Gasteiger partial charge on any atom is 0.410 e. The molecule has 0 bridgehead atoms. The quantitative estimate of drug-likeness (QED) is 0.790. The van der Waals surface area contributed by atoms with E-state index in [0.29, 0.717) is 25.9 Å². The summed E-state index contributed by atoms with van der Waals surface area (Å²) in [4.78, 5) is 39.7. The van der Waals surface area contributed by atoms with E-state index in [0.717, 1.165) is 17.8 Å². The van der Waals surface area contributed by atoms with Gasteiger partial charge in [0.15, 0.2) is 0 Å². The van der Waals surface area contributed by atoms with Crippen LogP contribution in [0.1, 0.15) is 52.0 Å². The zero-order valence-corrected chi connectivity index (χ0v) is 17.0. The lowest BCUT2D eigenvalue weighted by atomic mass is 9.90. The zero-order chi connectivity index (χ0) is 20.5. The van der Waals surface area contributed by atoms with Gasteiger partial charge < -0.3 is 14.5 Å². The van der Waals surface area contributed by atoms with E-state index in [1.54, 1.807) is 4.90 Å². The number of piperidine rings is 1. The Bertz CT molecular complexity index is 754. The number of benzene rings is 1. The maximum absolute atomic E-state index is 12.3. The van der Waals surface area contributed by atoms with Crippen LogP contribution in [0.2, 0.25) is 0 Å². The largest absolute Gasteiger partial charge is 0.444 e. The van der Waals surface area contributed by atoms with Crippen LogP contribution >= 0.6 is 0 Å². The molecule has 0 aliphatic carbocycles. The highest BCUT2D eigenvalue weighted by Gasteiger charge is 2.31. The third kappa shape index (κ3) is 4.64. The van der Waals surface area contributed by atoms with Crippen molar-refractivity contribution in [1.82, 2.24) is 10.2 Å². The Hall–Kier alpha value is -2.57. The molecule has 1 unspecified atom stereocenters. The summed E-state index contributed by atoms with van der Waals surface area (Å²) >= 11 is 0. The Morgan fingerprint density at radius 3 is 2.39 bits per heavy atom. The molecule has 2 aliphatic rings. The minimum absolute atomic E-state index is 0.155. The highest BCUT2D eigenvalue weighted by atomic mass is 16.6. The highest BCUT2D eigenvalue weighted by Crippen LogP contribution is 2.28. The molecule has 1 N–H and O–H groups in total. The number of imide groups is 1. The third-order valence-electron chi connectivity index (χ3n) is 5.15. The molecule has 0 spiro atoms. The van der Waals surface area contributed by atoms with Crippen molar-refractivity contribution in [3.8, 4) is 0 Å². The molecular formula is C21H29N3O4. The number of carbonyl (C=O) groups excluding carboxylic acids is 3. The van der Waals surface area contributed by atoms with E-state index in [1.165, 1.54) is 0 Å². The first-order chi connectivity index (χ1) is 13.1. The molecule has 3 amide bonds. The van der Waals surface area contributed by atoms with Gasteiger partial charge in [-0.05, 0) is 51.8 Å². The fraction of sp³-hybridized carbons (Fsp3) is 0.571. The number of nitrogens with one attached hydrogen (secondary N) is 1. The molecule has 7 nitrogen and oxygen atoms in total. The summed E-state index contributed by atoms with van der Waals surface area (Å²) in [6.07, 6.45) is 0.656. The standard InChI is InChI=1S/C21H29N3O4/c1-14-13-23(20(27)28-21(2,3)4)11-12-24(14)16-7-5-15(6-8-16)17-9-10-18(25)22-19(17)26/h5-8,14,17H,9-13H2,1-4H3,(H,22,25,26)/t14-,17?/m0/s1. The molecule has 2 heterocycles. The molecule has 0 aromatic heterocycles. The average molecular weight is 387 g/mol. The molecule has 0 radical (unpaired) electrons. The molecule has 3 rings (SSSR count). The maximum atomic E-state index is 12.3. The van der Waals surface area contributed by atoms with E-state index in [2.05, 4.69) is 17.1 Å². The number of amides is 3. The molecule has 152 valence electrons. The van der Waals surface area contributed by atoms with Gasteiger partial charge in [-0.15, -0.1) is 0 Å². The third-order valence-corrected chi connectivity index (χ3v) is 5.15. The van der Waals surface area contributed by atoms with Crippen molar-refractivity contribution in [3.05, 3.63) is 29.8 Å².